The smallest absolute Gasteiger partial charge is 0.267 e. The second-order valence-corrected chi connectivity index (χ2v) is 15.0. The number of piperidine rings is 1. The molecule has 0 spiro atoms. The molecule has 3 aliphatic heterocycles. The van der Waals surface area contributed by atoms with Crippen molar-refractivity contribution in [2.75, 3.05) is 48.3 Å². The Morgan fingerprint density at radius 3 is 2.62 bits per heavy atom. The summed E-state index contributed by atoms with van der Waals surface area (Å²) >= 11 is 7.48. The van der Waals surface area contributed by atoms with Crippen molar-refractivity contribution in [2.24, 2.45) is 0 Å². The van der Waals surface area contributed by atoms with Crippen molar-refractivity contribution in [3.8, 4) is 5.75 Å². The summed E-state index contributed by atoms with van der Waals surface area (Å²) in [4.78, 5) is 82.5. The number of anilines is 4. The van der Waals surface area contributed by atoms with Gasteiger partial charge in [-0.2, -0.15) is 0 Å². The molecule has 2 aromatic heterocycles. The molecule has 5 heterocycles. The Morgan fingerprint density at radius 1 is 1.04 bits per heavy atom. The molecule has 0 saturated carbocycles. The standard InChI is InChI=1S/C38H40ClN9O6S/c1-22-7-5-9-26(39)34(22)45-36(52)29-20-40-38(55-29)43-30-19-31(42-23(2)41-30)46-14-16-47(17-15-46)33(50)11-3-4-18-54-28-10-6-8-24-25(28)21-48(37(24)53)27-12-13-32(49)44-35(27)51/h5-10,19-20,27H,3-4,11-18,21H2,1-2H3,(H,45,52)(H,44,49,51)(H,40,41,42,43). The van der Waals surface area contributed by atoms with Crippen LogP contribution in [0.4, 0.5) is 22.5 Å². The largest absolute Gasteiger partial charge is 0.493 e. The summed E-state index contributed by atoms with van der Waals surface area (Å²) in [5.41, 5.74) is 2.66. The van der Waals surface area contributed by atoms with Crippen LogP contribution in [0.15, 0.2) is 48.7 Å². The first-order valence-electron chi connectivity index (χ1n) is 18.1. The van der Waals surface area contributed by atoms with Crippen LogP contribution in [0, 0.1) is 13.8 Å². The number of rotatable bonds is 12. The summed E-state index contributed by atoms with van der Waals surface area (Å²) < 4.78 is 6.06. The molecule has 15 nitrogen and oxygen atoms in total. The number of thiazole rings is 1. The molecule has 3 aliphatic rings. The molecule has 0 bridgehead atoms. The second-order valence-electron chi connectivity index (χ2n) is 13.6. The Hall–Kier alpha value is -5.61. The molecule has 0 radical (unpaired) electrons. The van der Waals surface area contributed by atoms with Crippen LogP contribution < -0.4 is 25.6 Å². The number of aromatic nitrogens is 3. The summed E-state index contributed by atoms with van der Waals surface area (Å²) in [6.07, 6.45) is 3.70. The van der Waals surface area contributed by atoms with E-state index in [1.165, 1.54) is 22.4 Å². The molecule has 0 aliphatic carbocycles. The molecule has 286 valence electrons. The van der Waals surface area contributed by atoms with Gasteiger partial charge in [-0.3, -0.25) is 29.3 Å². The van der Waals surface area contributed by atoms with Gasteiger partial charge < -0.3 is 30.1 Å². The minimum atomic E-state index is -0.686. The zero-order valence-corrected chi connectivity index (χ0v) is 32.0. The van der Waals surface area contributed by atoms with E-state index in [0.717, 1.165) is 16.9 Å². The monoisotopic (exact) mass is 785 g/mol. The van der Waals surface area contributed by atoms with Gasteiger partial charge in [0.25, 0.3) is 11.8 Å². The lowest BCUT2D eigenvalue weighted by Crippen LogP contribution is -2.52. The number of hydrogen-bond donors (Lipinski definition) is 3. The molecule has 55 heavy (non-hydrogen) atoms. The number of benzene rings is 2. The fourth-order valence-electron chi connectivity index (χ4n) is 6.89. The van der Waals surface area contributed by atoms with Gasteiger partial charge in [-0.25, -0.2) is 15.0 Å². The van der Waals surface area contributed by atoms with Gasteiger partial charge in [0, 0.05) is 56.2 Å². The predicted octanol–water partition coefficient (Wildman–Crippen LogP) is 4.86. The van der Waals surface area contributed by atoms with Crippen LogP contribution in [0.25, 0.3) is 0 Å². The van der Waals surface area contributed by atoms with Crippen molar-refractivity contribution in [3.63, 3.8) is 0 Å². The second kappa shape index (κ2) is 16.4. The number of ether oxygens (including phenoxy) is 1. The van der Waals surface area contributed by atoms with Crippen LogP contribution in [0.3, 0.4) is 0 Å². The number of aryl methyl sites for hydroxylation is 2. The molecule has 4 aromatic rings. The maximum atomic E-state index is 13.1. The lowest BCUT2D eigenvalue weighted by atomic mass is 10.0. The van der Waals surface area contributed by atoms with Gasteiger partial charge in [0.05, 0.1) is 30.1 Å². The Kier molecular flexibility index (Phi) is 11.2. The SMILES string of the molecule is Cc1nc(Nc2ncc(C(=O)Nc3c(C)cccc3Cl)s2)cc(N2CCN(C(=O)CCCCOc3cccc4c3CN(C3CCC(=O)NC3=O)C4=O)CC2)n1. The highest BCUT2D eigenvalue weighted by molar-refractivity contribution is 7.17. The van der Waals surface area contributed by atoms with E-state index in [4.69, 9.17) is 16.3 Å². The molecule has 2 saturated heterocycles. The average Bonchev–Trinajstić information content (AvgIpc) is 3.77. The number of piperazine rings is 1. The van der Waals surface area contributed by atoms with Crippen LogP contribution >= 0.6 is 22.9 Å². The number of carbonyl (C=O) groups is 5. The van der Waals surface area contributed by atoms with E-state index in [0.29, 0.717) is 102 Å². The highest BCUT2D eigenvalue weighted by Crippen LogP contribution is 2.34. The van der Waals surface area contributed by atoms with E-state index >= 15 is 0 Å². The Labute approximate surface area is 326 Å². The molecule has 7 rings (SSSR count). The Bertz CT molecular complexity index is 2130. The minimum Gasteiger partial charge on any atom is -0.493 e. The molecule has 2 aromatic carbocycles. The Morgan fingerprint density at radius 2 is 1.84 bits per heavy atom. The van der Waals surface area contributed by atoms with E-state index in [1.807, 2.05) is 43.0 Å². The van der Waals surface area contributed by atoms with Crippen LogP contribution in [-0.4, -0.2) is 93.1 Å². The first-order chi connectivity index (χ1) is 26.5. The number of para-hydroxylation sites is 1. The van der Waals surface area contributed by atoms with Gasteiger partial charge in [-0.05, 0) is 56.9 Å². The van der Waals surface area contributed by atoms with E-state index in [2.05, 4.69) is 35.8 Å². The van der Waals surface area contributed by atoms with Gasteiger partial charge in [0.2, 0.25) is 17.7 Å². The van der Waals surface area contributed by atoms with Crippen LogP contribution in [0.1, 0.15) is 69.1 Å². The fraction of sp³-hybridized carbons (Fsp3) is 0.368. The third-order valence-corrected chi connectivity index (χ3v) is 11.0. The summed E-state index contributed by atoms with van der Waals surface area (Å²) in [5, 5.41) is 9.35. The van der Waals surface area contributed by atoms with Crippen molar-refractivity contribution in [1.29, 1.82) is 0 Å². The predicted molar refractivity (Wildman–Crippen MR) is 207 cm³/mol. The topological polar surface area (TPSA) is 179 Å². The number of imide groups is 1. The average molecular weight is 786 g/mol. The number of fused-ring (bicyclic) bond motifs is 1. The van der Waals surface area contributed by atoms with Crippen LogP contribution in [0.5, 0.6) is 5.75 Å². The van der Waals surface area contributed by atoms with Gasteiger partial charge >= 0.3 is 0 Å². The lowest BCUT2D eigenvalue weighted by Gasteiger charge is -2.35. The molecule has 3 N–H and O–H groups in total. The first kappa shape index (κ1) is 37.7. The third kappa shape index (κ3) is 8.55. The zero-order valence-electron chi connectivity index (χ0n) is 30.4. The number of nitrogens with zero attached hydrogens (tertiary/aromatic N) is 6. The summed E-state index contributed by atoms with van der Waals surface area (Å²) in [5.74, 6) is 1.20. The van der Waals surface area contributed by atoms with E-state index in [-0.39, 0.29) is 36.6 Å². The Balaban J connectivity index is 0.853. The summed E-state index contributed by atoms with van der Waals surface area (Å²) in [6, 6.07) is 11.9. The third-order valence-electron chi connectivity index (χ3n) is 9.79. The number of hydrogen-bond acceptors (Lipinski definition) is 12. The van der Waals surface area contributed by atoms with Crippen molar-refractivity contribution < 1.29 is 28.7 Å². The van der Waals surface area contributed by atoms with Crippen molar-refractivity contribution >= 4 is 74.9 Å². The molecule has 17 heteroatoms. The van der Waals surface area contributed by atoms with E-state index < -0.39 is 11.9 Å². The molecule has 2 fully saturated rings. The molecule has 5 amide bonds. The molecular formula is C38H40ClN9O6S. The first-order valence-corrected chi connectivity index (χ1v) is 19.3. The maximum Gasteiger partial charge on any atom is 0.267 e. The fourth-order valence-corrected chi connectivity index (χ4v) is 7.87. The van der Waals surface area contributed by atoms with Crippen molar-refractivity contribution in [3.05, 3.63) is 81.1 Å². The van der Waals surface area contributed by atoms with Gasteiger partial charge in [-0.15, -0.1) is 0 Å². The number of amides is 5. The van der Waals surface area contributed by atoms with Crippen LogP contribution in [-0.2, 0) is 20.9 Å². The van der Waals surface area contributed by atoms with Crippen molar-refractivity contribution in [1.82, 2.24) is 30.1 Å². The van der Waals surface area contributed by atoms with E-state index in [9.17, 15) is 24.0 Å². The number of carbonyl (C=O) groups excluding carboxylic acids is 5. The van der Waals surface area contributed by atoms with Crippen LogP contribution in [0.2, 0.25) is 5.02 Å². The number of halogens is 1. The molecular weight excluding hydrogens is 746 g/mol. The summed E-state index contributed by atoms with van der Waals surface area (Å²) in [7, 11) is 0. The highest BCUT2D eigenvalue weighted by atomic mass is 35.5. The number of nitrogens with one attached hydrogen (secondary N) is 3. The van der Waals surface area contributed by atoms with Gasteiger partial charge in [0.15, 0.2) is 5.13 Å². The van der Waals surface area contributed by atoms with Gasteiger partial charge in [0.1, 0.15) is 34.1 Å². The zero-order chi connectivity index (χ0) is 38.6. The summed E-state index contributed by atoms with van der Waals surface area (Å²) in [6.45, 7) is 6.65. The van der Waals surface area contributed by atoms with Crippen molar-refractivity contribution in [2.45, 2.75) is 58.5 Å². The normalized spacial score (nSPS) is 16.9. The quantitative estimate of drug-likeness (QED) is 0.132. The molecule has 1 atom stereocenters. The van der Waals surface area contributed by atoms with E-state index in [1.54, 1.807) is 18.2 Å². The van der Waals surface area contributed by atoms with Gasteiger partial charge in [-0.1, -0.05) is 41.1 Å². The lowest BCUT2D eigenvalue weighted by molar-refractivity contribution is -0.137. The molecule has 1 unspecified atom stereocenters. The minimum absolute atomic E-state index is 0.0836. The highest BCUT2D eigenvalue weighted by Gasteiger charge is 2.40. The maximum absolute atomic E-state index is 13.1. The number of unbranched alkanes of at least 4 members (excludes halogenated alkanes) is 1.